The van der Waals surface area contributed by atoms with Crippen molar-refractivity contribution in [3.63, 3.8) is 0 Å². The minimum absolute atomic E-state index is 0. The van der Waals surface area contributed by atoms with Gasteiger partial charge in [-0.1, -0.05) is 6.07 Å². The zero-order valence-electron chi connectivity index (χ0n) is 6.99. The zero-order chi connectivity index (χ0) is 8.10. The Morgan fingerprint density at radius 1 is 1.67 bits per heavy atom. The van der Waals surface area contributed by atoms with Crippen molar-refractivity contribution in [1.29, 1.82) is 0 Å². The van der Waals surface area contributed by atoms with Crippen LogP contribution < -0.4 is 6.15 Å². The molecule has 1 aromatic rings. The van der Waals surface area contributed by atoms with Gasteiger partial charge in [-0.2, -0.15) is 0 Å². The molecule has 0 saturated heterocycles. The average Bonchev–Trinajstić information content (AvgIpc) is 2.06. The van der Waals surface area contributed by atoms with Gasteiger partial charge in [0.15, 0.2) is 0 Å². The van der Waals surface area contributed by atoms with Crippen LogP contribution in [-0.2, 0) is 16.0 Å². The lowest BCUT2D eigenvalue weighted by molar-refractivity contribution is -0.139. The number of ether oxygens (including phenoxy) is 1. The molecule has 0 atom stereocenters. The number of carbonyl (C=O) groups excluding carboxylic acids is 1. The third kappa shape index (κ3) is 3.12. The van der Waals surface area contributed by atoms with Crippen molar-refractivity contribution in [2.45, 2.75) is 6.42 Å². The summed E-state index contributed by atoms with van der Waals surface area (Å²) in [4.78, 5) is 14.6. The molecule has 0 radical (unpaired) electrons. The second-order valence-electron chi connectivity index (χ2n) is 2.11. The van der Waals surface area contributed by atoms with Gasteiger partial charge in [0, 0.05) is 12.4 Å². The highest BCUT2D eigenvalue weighted by Gasteiger charge is 2.00. The van der Waals surface area contributed by atoms with E-state index in [2.05, 4.69) is 9.72 Å². The lowest BCUT2D eigenvalue weighted by Gasteiger charge is -1.96. The molecule has 0 aliphatic rings. The molecule has 1 heterocycles. The fourth-order valence-electron chi connectivity index (χ4n) is 0.742. The molecule has 0 amide bonds. The van der Waals surface area contributed by atoms with E-state index >= 15 is 0 Å². The first-order chi connectivity index (χ1) is 5.33. The number of esters is 1. The number of nitrogens with zero attached hydrogens (tertiary/aromatic N) is 1. The summed E-state index contributed by atoms with van der Waals surface area (Å²) in [6.45, 7) is 0. The average molecular weight is 168 g/mol. The number of hydrogen-bond acceptors (Lipinski definition) is 4. The van der Waals surface area contributed by atoms with E-state index < -0.39 is 0 Å². The van der Waals surface area contributed by atoms with Gasteiger partial charge in [-0.05, 0) is 11.6 Å². The minimum atomic E-state index is -0.238. The largest absolute Gasteiger partial charge is 0.469 e. The Bertz CT molecular complexity index is 236. The molecule has 0 saturated carbocycles. The number of methoxy groups -OCH3 is 1. The maximum absolute atomic E-state index is 10.7. The summed E-state index contributed by atoms with van der Waals surface area (Å²) in [6.07, 6.45) is 3.61. The summed E-state index contributed by atoms with van der Waals surface area (Å²) in [5, 5.41) is 0. The van der Waals surface area contributed by atoms with Gasteiger partial charge < -0.3 is 10.9 Å². The van der Waals surface area contributed by atoms with E-state index in [4.69, 9.17) is 0 Å². The van der Waals surface area contributed by atoms with Gasteiger partial charge in [0.25, 0.3) is 0 Å². The SMILES string of the molecule is COC(=O)Cc1cccnc1.N. The van der Waals surface area contributed by atoms with Crippen molar-refractivity contribution in [3.8, 4) is 0 Å². The second-order valence-corrected chi connectivity index (χ2v) is 2.11. The molecular weight excluding hydrogens is 156 g/mol. The van der Waals surface area contributed by atoms with E-state index in [0.29, 0.717) is 6.42 Å². The Labute approximate surface area is 71.2 Å². The van der Waals surface area contributed by atoms with Crippen molar-refractivity contribution in [3.05, 3.63) is 30.1 Å². The summed E-state index contributed by atoms with van der Waals surface area (Å²) in [5.74, 6) is -0.238. The molecule has 12 heavy (non-hydrogen) atoms. The summed E-state index contributed by atoms with van der Waals surface area (Å²) in [5.41, 5.74) is 0.874. The fraction of sp³-hybridized carbons (Fsp3) is 0.250. The summed E-state index contributed by atoms with van der Waals surface area (Å²) in [6, 6.07) is 3.63. The molecule has 3 N–H and O–H groups in total. The predicted octanol–water partition coefficient (Wildman–Crippen LogP) is 0.959. The molecular formula is C8H12N2O2. The Balaban J connectivity index is 0.00000121. The zero-order valence-corrected chi connectivity index (χ0v) is 6.99. The summed E-state index contributed by atoms with van der Waals surface area (Å²) >= 11 is 0. The van der Waals surface area contributed by atoms with Crippen molar-refractivity contribution in [1.82, 2.24) is 11.1 Å². The predicted molar refractivity (Wildman–Crippen MR) is 45.0 cm³/mol. The van der Waals surface area contributed by atoms with Gasteiger partial charge in [0.1, 0.15) is 0 Å². The van der Waals surface area contributed by atoms with Crippen molar-refractivity contribution < 1.29 is 9.53 Å². The van der Waals surface area contributed by atoms with E-state index in [1.165, 1.54) is 7.11 Å². The van der Waals surface area contributed by atoms with E-state index in [-0.39, 0.29) is 12.1 Å². The monoisotopic (exact) mass is 168 g/mol. The molecule has 0 spiro atoms. The van der Waals surface area contributed by atoms with Gasteiger partial charge in [-0.15, -0.1) is 0 Å². The van der Waals surface area contributed by atoms with Gasteiger partial charge in [-0.25, -0.2) is 0 Å². The van der Waals surface area contributed by atoms with Crippen LogP contribution in [0.5, 0.6) is 0 Å². The second kappa shape index (κ2) is 5.26. The maximum Gasteiger partial charge on any atom is 0.310 e. The Morgan fingerprint density at radius 3 is 2.92 bits per heavy atom. The van der Waals surface area contributed by atoms with Gasteiger partial charge in [0.2, 0.25) is 0 Å². The molecule has 4 nitrogen and oxygen atoms in total. The number of rotatable bonds is 2. The van der Waals surface area contributed by atoms with E-state index in [0.717, 1.165) is 5.56 Å². The van der Waals surface area contributed by atoms with E-state index in [9.17, 15) is 4.79 Å². The normalized spacial score (nSPS) is 8.42. The number of aromatic nitrogens is 1. The molecule has 0 aromatic carbocycles. The number of hydrogen-bond donors (Lipinski definition) is 1. The number of carbonyl (C=O) groups is 1. The first-order valence-corrected chi connectivity index (χ1v) is 3.28. The van der Waals surface area contributed by atoms with Crippen LogP contribution in [0.25, 0.3) is 0 Å². The highest BCUT2D eigenvalue weighted by molar-refractivity contribution is 5.72. The first kappa shape index (κ1) is 10.6. The van der Waals surface area contributed by atoms with Crippen molar-refractivity contribution >= 4 is 5.97 Å². The van der Waals surface area contributed by atoms with Crippen LogP contribution in [0.2, 0.25) is 0 Å². The molecule has 0 aliphatic carbocycles. The van der Waals surface area contributed by atoms with E-state index in [1.54, 1.807) is 18.5 Å². The summed E-state index contributed by atoms with van der Waals surface area (Å²) < 4.78 is 4.49. The highest BCUT2D eigenvalue weighted by Crippen LogP contribution is 1.97. The van der Waals surface area contributed by atoms with Crippen LogP contribution in [0.1, 0.15) is 5.56 Å². The quantitative estimate of drug-likeness (QED) is 0.667. The van der Waals surface area contributed by atoms with Gasteiger partial charge >= 0.3 is 5.97 Å². The van der Waals surface area contributed by atoms with Crippen LogP contribution in [0.3, 0.4) is 0 Å². The lowest BCUT2D eigenvalue weighted by atomic mass is 10.2. The third-order valence-electron chi connectivity index (χ3n) is 1.30. The third-order valence-corrected chi connectivity index (χ3v) is 1.30. The van der Waals surface area contributed by atoms with Crippen LogP contribution in [-0.4, -0.2) is 18.1 Å². The molecule has 4 heteroatoms. The minimum Gasteiger partial charge on any atom is -0.469 e. The Kier molecular flexibility index (Phi) is 4.64. The lowest BCUT2D eigenvalue weighted by Crippen LogP contribution is -2.04. The van der Waals surface area contributed by atoms with Crippen molar-refractivity contribution in [2.24, 2.45) is 0 Å². The fourth-order valence-corrected chi connectivity index (χ4v) is 0.742. The molecule has 66 valence electrons. The maximum atomic E-state index is 10.7. The van der Waals surface area contributed by atoms with Gasteiger partial charge in [0.05, 0.1) is 13.5 Å². The topological polar surface area (TPSA) is 74.2 Å². The smallest absolute Gasteiger partial charge is 0.310 e. The standard InChI is InChI=1S/C8H9NO2.H3N/c1-11-8(10)5-7-3-2-4-9-6-7;/h2-4,6H,5H2,1H3;1H3. The Hall–Kier alpha value is -1.42. The molecule has 0 fully saturated rings. The molecule has 1 rings (SSSR count). The summed E-state index contributed by atoms with van der Waals surface area (Å²) in [7, 11) is 1.37. The first-order valence-electron chi connectivity index (χ1n) is 3.28. The van der Waals surface area contributed by atoms with Gasteiger partial charge in [-0.3, -0.25) is 9.78 Å². The van der Waals surface area contributed by atoms with Crippen LogP contribution >= 0.6 is 0 Å². The van der Waals surface area contributed by atoms with Crippen LogP contribution in [0.15, 0.2) is 24.5 Å². The Morgan fingerprint density at radius 2 is 2.42 bits per heavy atom. The molecule has 0 unspecified atom stereocenters. The van der Waals surface area contributed by atoms with Crippen LogP contribution in [0, 0.1) is 0 Å². The van der Waals surface area contributed by atoms with E-state index in [1.807, 2.05) is 6.07 Å². The van der Waals surface area contributed by atoms with Crippen molar-refractivity contribution in [2.75, 3.05) is 7.11 Å². The highest BCUT2D eigenvalue weighted by atomic mass is 16.5. The van der Waals surface area contributed by atoms with Crippen LogP contribution in [0.4, 0.5) is 0 Å². The molecule has 0 bridgehead atoms. The molecule has 1 aromatic heterocycles. The molecule has 0 aliphatic heterocycles. The number of pyridine rings is 1.